The summed E-state index contributed by atoms with van der Waals surface area (Å²) in [5, 5.41) is 23.8. The minimum atomic E-state index is -1.19. The third kappa shape index (κ3) is 8.31. The van der Waals surface area contributed by atoms with Gasteiger partial charge in [0.1, 0.15) is 30.4 Å². The first-order chi connectivity index (χ1) is 20.6. The molecular weight excluding hydrogens is 554 g/mol. The minimum absolute atomic E-state index is 0.108. The monoisotopic (exact) mass is 593 g/mol. The molecule has 2 aliphatic rings. The maximum Gasteiger partial charge on any atom is 0.322 e. The zero-order chi connectivity index (χ0) is 30.9. The van der Waals surface area contributed by atoms with Gasteiger partial charge in [0.15, 0.2) is 0 Å². The molecule has 12 nitrogen and oxygen atoms in total. The Balaban J connectivity index is 1.49. The van der Waals surface area contributed by atoms with Crippen LogP contribution in [-0.4, -0.2) is 93.4 Å². The second-order valence-corrected chi connectivity index (χ2v) is 11.1. The molecule has 0 aromatic heterocycles. The highest BCUT2D eigenvalue weighted by Gasteiger charge is 2.40. The van der Waals surface area contributed by atoms with Crippen LogP contribution in [0.4, 0.5) is 0 Å². The van der Waals surface area contributed by atoms with E-state index in [0.717, 1.165) is 11.1 Å². The van der Waals surface area contributed by atoms with Crippen molar-refractivity contribution in [3.05, 3.63) is 65.7 Å². The van der Waals surface area contributed by atoms with E-state index in [4.69, 9.17) is 10.8 Å². The van der Waals surface area contributed by atoms with Crippen molar-refractivity contribution in [1.82, 2.24) is 20.4 Å². The first-order valence-corrected chi connectivity index (χ1v) is 14.6. The first kappa shape index (κ1) is 31.5. The maximum atomic E-state index is 14.0. The van der Waals surface area contributed by atoms with Gasteiger partial charge in [0.2, 0.25) is 23.6 Å². The number of carboxylic acid groups (broad SMARTS) is 1. The van der Waals surface area contributed by atoms with Crippen LogP contribution in [0.15, 0.2) is 54.6 Å². The molecule has 0 bridgehead atoms. The molecule has 2 heterocycles. The summed E-state index contributed by atoms with van der Waals surface area (Å²) in [5.74, 6) is -2.91. The van der Waals surface area contributed by atoms with Gasteiger partial charge < -0.3 is 36.4 Å². The SMILES string of the molecule is N[C@@H](Cc1ccc(O)cc1)C(=O)N1CCC[C@H]1C(=O)N[C@@H](Cc1ccccc1)C(=O)N1CCCC[C@@H]1C(=O)NCC(=O)O. The Bertz CT molecular complexity index is 1300. The van der Waals surface area contributed by atoms with Crippen molar-refractivity contribution in [2.75, 3.05) is 19.6 Å². The van der Waals surface area contributed by atoms with Gasteiger partial charge in [-0.25, -0.2) is 0 Å². The highest BCUT2D eigenvalue weighted by molar-refractivity contribution is 5.95. The summed E-state index contributed by atoms with van der Waals surface area (Å²) in [6.45, 7) is 0.0999. The molecule has 43 heavy (non-hydrogen) atoms. The van der Waals surface area contributed by atoms with E-state index in [0.29, 0.717) is 45.2 Å². The maximum absolute atomic E-state index is 14.0. The number of nitrogens with one attached hydrogen (secondary N) is 2. The number of phenols is 1. The number of nitrogens with zero attached hydrogens (tertiary/aromatic N) is 2. The van der Waals surface area contributed by atoms with Crippen LogP contribution in [0.2, 0.25) is 0 Å². The molecule has 12 heteroatoms. The zero-order valence-electron chi connectivity index (χ0n) is 24.0. The number of aliphatic carboxylic acids is 1. The Labute approximate surface area is 250 Å². The topological polar surface area (TPSA) is 182 Å². The molecule has 2 saturated heterocycles. The zero-order valence-corrected chi connectivity index (χ0v) is 24.0. The molecule has 230 valence electrons. The Morgan fingerprint density at radius 2 is 1.40 bits per heavy atom. The normalized spacial score (nSPS) is 19.7. The standard InChI is InChI=1S/C31H39N5O7/c32-23(17-21-11-13-22(37)14-12-21)30(42)35-16-6-10-26(35)29(41)34-24(18-20-7-2-1-3-8-20)31(43)36-15-5-4-9-25(36)28(40)33-19-27(38)39/h1-3,7-8,11-14,23-26,37H,4-6,9-10,15-19,32H2,(H,33,40)(H,34,41)(H,38,39)/t23-,24-,25+,26-/m0/s1. The van der Waals surface area contributed by atoms with Gasteiger partial charge in [-0.1, -0.05) is 42.5 Å². The molecule has 0 saturated carbocycles. The fraction of sp³-hybridized carbons (Fsp3) is 0.452. The van der Waals surface area contributed by atoms with E-state index in [-0.39, 0.29) is 24.5 Å². The van der Waals surface area contributed by atoms with Gasteiger partial charge >= 0.3 is 5.97 Å². The van der Waals surface area contributed by atoms with Crippen LogP contribution in [0.1, 0.15) is 43.2 Å². The molecule has 4 atom stereocenters. The number of carbonyl (C=O) groups excluding carboxylic acids is 4. The molecule has 0 spiro atoms. The molecule has 4 amide bonds. The fourth-order valence-corrected chi connectivity index (χ4v) is 5.76. The number of benzene rings is 2. The van der Waals surface area contributed by atoms with E-state index in [1.54, 1.807) is 12.1 Å². The van der Waals surface area contributed by atoms with Gasteiger partial charge in [0.25, 0.3) is 0 Å². The number of carbonyl (C=O) groups is 5. The summed E-state index contributed by atoms with van der Waals surface area (Å²) in [4.78, 5) is 67.7. The van der Waals surface area contributed by atoms with Gasteiger partial charge in [0.05, 0.1) is 6.04 Å². The predicted octanol–water partition coefficient (Wildman–Crippen LogP) is 0.562. The van der Waals surface area contributed by atoms with Crippen LogP contribution in [0, 0.1) is 0 Å². The van der Waals surface area contributed by atoms with Crippen molar-refractivity contribution in [3.63, 3.8) is 0 Å². The van der Waals surface area contributed by atoms with E-state index in [1.807, 2.05) is 30.3 Å². The van der Waals surface area contributed by atoms with Crippen LogP contribution in [0.3, 0.4) is 0 Å². The highest BCUT2D eigenvalue weighted by atomic mass is 16.4. The van der Waals surface area contributed by atoms with Crippen molar-refractivity contribution < 1.29 is 34.2 Å². The quantitative estimate of drug-likeness (QED) is 0.250. The minimum Gasteiger partial charge on any atom is -0.508 e. The lowest BCUT2D eigenvalue weighted by molar-refractivity contribution is -0.146. The molecule has 0 radical (unpaired) electrons. The molecule has 2 aromatic carbocycles. The third-order valence-corrected chi connectivity index (χ3v) is 7.95. The third-order valence-electron chi connectivity index (χ3n) is 7.95. The van der Waals surface area contributed by atoms with E-state index < -0.39 is 54.4 Å². The van der Waals surface area contributed by atoms with Crippen molar-refractivity contribution in [2.24, 2.45) is 5.73 Å². The molecule has 0 aliphatic carbocycles. The second-order valence-electron chi connectivity index (χ2n) is 11.1. The number of piperidine rings is 1. The lowest BCUT2D eigenvalue weighted by Crippen LogP contribution is -2.60. The number of nitrogens with two attached hydrogens (primary N) is 1. The predicted molar refractivity (Wildman–Crippen MR) is 157 cm³/mol. The summed E-state index contributed by atoms with van der Waals surface area (Å²) in [7, 11) is 0. The average Bonchev–Trinajstić information content (AvgIpc) is 3.50. The number of likely N-dealkylation sites (tertiary alicyclic amines) is 2. The van der Waals surface area contributed by atoms with E-state index >= 15 is 0 Å². The van der Waals surface area contributed by atoms with Crippen LogP contribution in [0.25, 0.3) is 0 Å². The number of rotatable bonds is 11. The molecule has 0 unspecified atom stereocenters. The molecular formula is C31H39N5O7. The number of hydrogen-bond donors (Lipinski definition) is 5. The second kappa shape index (κ2) is 14.6. The molecule has 2 fully saturated rings. The highest BCUT2D eigenvalue weighted by Crippen LogP contribution is 2.22. The van der Waals surface area contributed by atoms with E-state index in [1.165, 1.54) is 21.9 Å². The Morgan fingerprint density at radius 3 is 2.09 bits per heavy atom. The Morgan fingerprint density at radius 1 is 0.791 bits per heavy atom. The van der Waals surface area contributed by atoms with Crippen LogP contribution in [-0.2, 0) is 36.8 Å². The molecule has 2 aliphatic heterocycles. The van der Waals surface area contributed by atoms with Gasteiger partial charge in [-0.3, -0.25) is 24.0 Å². The molecule has 4 rings (SSSR count). The summed E-state index contributed by atoms with van der Waals surface area (Å²) < 4.78 is 0. The smallest absolute Gasteiger partial charge is 0.322 e. The largest absolute Gasteiger partial charge is 0.508 e. The molecule has 6 N–H and O–H groups in total. The number of hydrogen-bond acceptors (Lipinski definition) is 7. The van der Waals surface area contributed by atoms with Crippen LogP contribution in [0.5, 0.6) is 5.75 Å². The summed E-state index contributed by atoms with van der Waals surface area (Å²) >= 11 is 0. The van der Waals surface area contributed by atoms with Crippen molar-refractivity contribution in [3.8, 4) is 5.75 Å². The lowest BCUT2D eigenvalue weighted by Gasteiger charge is -2.37. The van der Waals surface area contributed by atoms with E-state index in [9.17, 15) is 29.1 Å². The van der Waals surface area contributed by atoms with E-state index in [2.05, 4.69) is 10.6 Å². The Hall–Kier alpha value is -4.45. The van der Waals surface area contributed by atoms with Gasteiger partial charge in [0, 0.05) is 19.5 Å². The van der Waals surface area contributed by atoms with Crippen molar-refractivity contribution in [2.45, 2.75) is 69.1 Å². The fourth-order valence-electron chi connectivity index (χ4n) is 5.76. The summed E-state index contributed by atoms with van der Waals surface area (Å²) in [6.07, 6.45) is 3.18. The van der Waals surface area contributed by atoms with Gasteiger partial charge in [-0.15, -0.1) is 0 Å². The first-order valence-electron chi connectivity index (χ1n) is 14.6. The lowest BCUT2D eigenvalue weighted by atomic mass is 9.97. The van der Waals surface area contributed by atoms with Crippen LogP contribution >= 0.6 is 0 Å². The van der Waals surface area contributed by atoms with Crippen molar-refractivity contribution >= 4 is 29.6 Å². The van der Waals surface area contributed by atoms with Crippen molar-refractivity contribution in [1.29, 1.82) is 0 Å². The summed E-state index contributed by atoms with van der Waals surface area (Å²) in [6, 6.07) is 12.0. The number of amides is 4. The Kier molecular flexibility index (Phi) is 10.7. The average molecular weight is 594 g/mol. The summed E-state index contributed by atoms with van der Waals surface area (Å²) in [5.41, 5.74) is 7.82. The number of aromatic hydroxyl groups is 1. The van der Waals surface area contributed by atoms with Crippen LogP contribution < -0.4 is 16.4 Å². The molecule has 2 aromatic rings. The number of carboxylic acids is 1. The van der Waals surface area contributed by atoms with Gasteiger partial charge in [-0.2, -0.15) is 0 Å². The number of phenolic OH excluding ortho intramolecular Hbond substituents is 1. The van der Waals surface area contributed by atoms with Gasteiger partial charge in [-0.05, 0) is 61.8 Å².